The number of hydrogen-bond acceptors (Lipinski definition) is 5. The fraction of sp³-hybridized carbons (Fsp3) is 0.308. The van der Waals surface area contributed by atoms with Crippen LogP contribution in [0.2, 0.25) is 0 Å². The van der Waals surface area contributed by atoms with Gasteiger partial charge in [-0.1, -0.05) is 6.07 Å². The Morgan fingerprint density at radius 3 is 2.89 bits per heavy atom. The molecule has 0 saturated heterocycles. The Balaban J connectivity index is 0.00000180. The van der Waals surface area contributed by atoms with Crippen LogP contribution < -0.4 is 24.0 Å². The molecule has 0 saturated carbocycles. The molecule has 0 aromatic carbocycles. The minimum atomic E-state index is -0.972. The summed E-state index contributed by atoms with van der Waals surface area (Å²) in [6.07, 6.45) is 2.29. The molecule has 0 bridgehead atoms. The molecule has 0 spiro atoms. The van der Waals surface area contributed by atoms with Crippen molar-refractivity contribution in [2.45, 2.75) is 19.8 Å². The monoisotopic (exact) mass is 253 g/mol. The zero-order valence-corrected chi connectivity index (χ0v) is 10.9. The summed E-state index contributed by atoms with van der Waals surface area (Å²) in [5.41, 5.74) is 1.04. The van der Waals surface area contributed by atoms with Gasteiger partial charge in [0.15, 0.2) is 0 Å². The molecule has 0 aliphatic heterocycles. The second-order valence-electron chi connectivity index (χ2n) is 3.87. The molecule has 2 rings (SSSR count). The molecule has 1 aromatic heterocycles. The van der Waals surface area contributed by atoms with E-state index in [1.807, 2.05) is 0 Å². The van der Waals surface area contributed by atoms with E-state index >= 15 is 0 Å². The number of carbonyl (C=O) groups is 2. The molecule has 1 aromatic rings. The third kappa shape index (κ3) is 3.06. The van der Waals surface area contributed by atoms with Crippen LogP contribution >= 0.6 is 0 Å². The third-order valence-corrected chi connectivity index (χ3v) is 2.76. The van der Waals surface area contributed by atoms with Crippen LogP contribution in [0.4, 0.5) is 0 Å². The molecule has 19 heavy (non-hydrogen) atoms. The van der Waals surface area contributed by atoms with Gasteiger partial charge in [-0.2, -0.15) is 0 Å². The number of allylic oxidation sites excluding steroid dienone is 1. The molecule has 0 atom stereocenters. The van der Waals surface area contributed by atoms with Crippen molar-refractivity contribution in [2.75, 3.05) is 6.61 Å². The summed E-state index contributed by atoms with van der Waals surface area (Å²) in [5, 5.41) is 11.7. The molecule has 0 N–H and O–H groups in total. The number of aryl methyl sites for hydroxylation is 1. The van der Waals surface area contributed by atoms with Crippen molar-refractivity contribution in [1.29, 1.82) is 0 Å². The molecule has 1 aliphatic rings. The van der Waals surface area contributed by atoms with Gasteiger partial charge in [-0.15, -0.1) is 0 Å². The fourth-order valence-electron chi connectivity index (χ4n) is 1.90. The fourth-order valence-corrected chi connectivity index (χ4v) is 1.90. The SMILES string of the molecule is CCOC(=O)C([O-])=C1CCc2cccnc2C1=O.[Li+]. The van der Waals surface area contributed by atoms with Crippen molar-refractivity contribution in [1.82, 2.24) is 4.98 Å². The summed E-state index contributed by atoms with van der Waals surface area (Å²) in [7, 11) is 0. The molecule has 5 nitrogen and oxygen atoms in total. The quantitative estimate of drug-likeness (QED) is 0.250. The van der Waals surface area contributed by atoms with Gasteiger partial charge in [0.05, 0.1) is 6.61 Å². The number of fused-ring (bicyclic) bond motifs is 1. The van der Waals surface area contributed by atoms with Crippen molar-refractivity contribution in [3.05, 3.63) is 40.9 Å². The molecular formula is C13H12LiNO4. The Morgan fingerprint density at radius 1 is 1.47 bits per heavy atom. The number of ether oxygens (including phenoxy) is 1. The minimum absolute atomic E-state index is 0. The first-order valence-electron chi connectivity index (χ1n) is 5.71. The number of ketones is 1. The van der Waals surface area contributed by atoms with Gasteiger partial charge >= 0.3 is 24.8 Å². The summed E-state index contributed by atoms with van der Waals surface area (Å²) in [6, 6.07) is 3.54. The molecular weight excluding hydrogens is 241 g/mol. The summed E-state index contributed by atoms with van der Waals surface area (Å²) in [5.74, 6) is -2.28. The maximum Gasteiger partial charge on any atom is 1.00 e. The largest absolute Gasteiger partial charge is 1.00 e. The van der Waals surface area contributed by atoms with Crippen molar-refractivity contribution in [2.24, 2.45) is 0 Å². The Bertz CT molecular complexity index is 539. The summed E-state index contributed by atoms with van der Waals surface area (Å²) < 4.78 is 4.61. The number of nitrogens with zero attached hydrogens (tertiary/aromatic N) is 1. The first-order valence-corrected chi connectivity index (χ1v) is 5.71. The predicted molar refractivity (Wildman–Crippen MR) is 60.5 cm³/mol. The Kier molecular flexibility index (Phi) is 5.34. The third-order valence-electron chi connectivity index (χ3n) is 2.76. The van der Waals surface area contributed by atoms with Crippen LogP contribution in [0.25, 0.3) is 0 Å². The van der Waals surface area contributed by atoms with Gasteiger partial charge in [-0.3, -0.25) is 9.78 Å². The normalized spacial score (nSPS) is 16.2. The maximum absolute atomic E-state index is 12.0. The summed E-state index contributed by atoms with van der Waals surface area (Å²) in [6.45, 7) is 1.72. The second-order valence-corrected chi connectivity index (χ2v) is 3.87. The number of carbonyl (C=O) groups excluding carboxylic acids is 2. The average molecular weight is 253 g/mol. The minimum Gasteiger partial charge on any atom is -0.867 e. The van der Waals surface area contributed by atoms with E-state index in [9.17, 15) is 14.7 Å². The first kappa shape index (κ1) is 15.5. The molecule has 0 radical (unpaired) electrons. The van der Waals surface area contributed by atoms with E-state index in [1.165, 1.54) is 6.20 Å². The average Bonchev–Trinajstić information content (AvgIpc) is 2.39. The predicted octanol–water partition coefficient (Wildman–Crippen LogP) is -2.61. The number of aromatic nitrogens is 1. The number of esters is 1. The van der Waals surface area contributed by atoms with E-state index < -0.39 is 17.5 Å². The molecule has 0 unspecified atom stereocenters. The maximum atomic E-state index is 12.0. The Hall–Kier alpha value is -1.57. The zero-order valence-electron chi connectivity index (χ0n) is 10.9. The van der Waals surface area contributed by atoms with E-state index in [0.29, 0.717) is 6.42 Å². The van der Waals surface area contributed by atoms with Crippen molar-refractivity contribution < 1.29 is 38.3 Å². The van der Waals surface area contributed by atoms with Gasteiger partial charge in [0, 0.05) is 11.8 Å². The Labute approximate surface area is 122 Å². The van der Waals surface area contributed by atoms with Crippen LogP contribution in [0.1, 0.15) is 29.4 Å². The van der Waals surface area contributed by atoms with E-state index in [2.05, 4.69) is 9.72 Å². The Morgan fingerprint density at radius 2 is 2.21 bits per heavy atom. The number of hydrogen-bond donors (Lipinski definition) is 0. The van der Waals surface area contributed by atoms with Crippen LogP contribution in [0, 0.1) is 0 Å². The van der Waals surface area contributed by atoms with Crippen molar-refractivity contribution >= 4 is 11.8 Å². The van der Waals surface area contributed by atoms with Gasteiger partial charge in [-0.25, -0.2) is 4.79 Å². The van der Waals surface area contributed by atoms with E-state index in [4.69, 9.17) is 0 Å². The van der Waals surface area contributed by atoms with Crippen LogP contribution in [0.3, 0.4) is 0 Å². The van der Waals surface area contributed by atoms with E-state index in [1.54, 1.807) is 19.1 Å². The molecule has 0 fully saturated rings. The first-order chi connectivity index (χ1) is 8.65. The van der Waals surface area contributed by atoms with Gasteiger partial charge in [0.1, 0.15) is 5.69 Å². The number of Topliss-reactive ketones (excluding diaryl/α,β-unsaturated/α-hetero) is 1. The zero-order chi connectivity index (χ0) is 13.1. The van der Waals surface area contributed by atoms with Gasteiger partial charge in [0.25, 0.3) is 0 Å². The molecule has 0 amide bonds. The van der Waals surface area contributed by atoms with E-state index in [-0.39, 0.29) is 43.2 Å². The van der Waals surface area contributed by atoms with Gasteiger partial charge in [0.2, 0.25) is 5.78 Å². The van der Waals surface area contributed by atoms with Crippen LogP contribution in [-0.4, -0.2) is 23.3 Å². The van der Waals surface area contributed by atoms with Gasteiger partial charge < -0.3 is 9.84 Å². The smallest absolute Gasteiger partial charge is 0.867 e. The number of rotatable bonds is 2. The molecule has 1 heterocycles. The van der Waals surface area contributed by atoms with Crippen LogP contribution in [-0.2, 0) is 16.0 Å². The molecule has 94 valence electrons. The summed E-state index contributed by atoms with van der Waals surface area (Å²) >= 11 is 0. The van der Waals surface area contributed by atoms with Gasteiger partial charge in [-0.05, 0) is 37.2 Å². The van der Waals surface area contributed by atoms with E-state index in [0.717, 1.165) is 5.56 Å². The molecule has 1 aliphatic carbocycles. The summed E-state index contributed by atoms with van der Waals surface area (Å²) in [4.78, 5) is 27.3. The van der Waals surface area contributed by atoms with Crippen LogP contribution in [0.5, 0.6) is 0 Å². The van der Waals surface area contributed by atoms with Crippen molar-refractivity contribution in [3.63, 3.8) is 0 Å². The second kappa shape index (κ2) is 6.55. The van der Waals surface area contributed by atoms with Crippen molar-refractivity contribution in [3.8, 4) is 0 Å². The number of pyridine rings is 1. The topological polar surface area (TPSA) is 79.3 Å². The standard InChI is InChI=1S/C13H13NO4.Li/c1-2-18-13(17)12(16)9-6-5-8-4-3-7-14-10(8)11(9)15;/h3-4,7,16H,2,5-6H2,1H3;/q;+1/p-1. The van der Waals surface area contributed by atoms with Crippen LogP contribution in [0.15, 0.2) is 29.7 Å². The molecule has 6 heteroatoms.